The predicted molar refractivity (Wildman–Crippen MR) is 84.8 cm³/mol. The number of benzene rings is 2. The van der Waals surface area contributed by atoms with Crippen LogP contribution in [0.2, 0.25) is 0 Å². The maximum atomic E-state index is 6.65. The van der Waals surface area contributed by atoms with Crippen LogP contribution in [-0.2, 0) is 11.8 Å². The Bertz CT molecular complexity index is 569. The van der Waals surface area contributed by atoms with Gasteiger partial charge >= 0.3 is 0 Å². The Kier molecular flexibility index (Phi) is 3.62. The van der Waals surface area contributed by atoms with Gasteiger partial charge in [0, 0.05) is 11.5 Å². The highest BCUT2D eigenvalue weighted by Crippen LogP contribution is 2.46. The smallest absolute Gasteiger partial charge is 0.0177 e. The minimum absolute atomic E-state index is 0.198. The van der Waals surface area contributed by atoms with Gasteiger partial charge in [0.2, 0.25) is 0 Å². The third-order valence-corrected chi connectivity index (χ3v) is 5.01. The summed E-state index contributed by atoms with van der Waals surface area (Å²) in [6.45, 7) is 2.18. The van der Waals surface area contributed by atoms with E-state index in [9.17, 15) is 0 Å². The van der Waals surface area contributed by atoms with E-state index in [0.29, 0.717) is 0 Å². The molecule has 1 fully saturated rings. The van der Waals surface area contributed by atoms with Crippen LogP contribution < -0.4 is 5.73 Å². The molecule has 1 nitrogen and oxygen atoms in total. The lowest BCUT2D eigenvalue weighted by Crippen LogP contribution is -2.51. The van der Waals surface area contributed by atoms with Crippen molar-refractivity contribution in [3.8, 4) is 0 Å². The van der Waals surface area contributed by atoms with Gasteiger partial charge < -0.3 is 5.73 Å². The molecule has 0 bridgehead atoms. The van der Waals surface area contributed by atoms with Crippen LogP contribution in [-0.4, -0.2) is 6.04 Å². The molecule has 1 aliphatic rings. The summed E-state index contributed by atoms with van der Waals surface area (Å²) in [6, 6.07) is 19.7. The molecule has 0 heterocycles. The molecule has 2 aromatic carbocycles. The Morgan fingerprint density at radius 3 is 2.25 bits per heavy atom. The summed E-state index contributed by atoms with van der Waals surface area (Å²) in [5, 5.41) is 0. The SMILES string of the molecule is Cc1ccccc1CC(N)C1(c2ccccc2)CCC1. The maximum absolute atomic E-state index is 6.65. The van der Waals surface area contributed by atoms with Crippen molar-refractivity contribution < 1.29 is 0 Å². The summed E-state index contributed by atoms with van der Waals surface area (Å²) in [7, 11) is 0. The van der Waals surface area contributed by atoms with Gasteiger partial charge in [-0.15, -0.1) is 0 Å². The van der Waals surface area contributed by atoms with E-state index >= 15 is 0 Å². The van der Waals surface area contributed by atoms with Crippen LogP contribution in [0.4, 0.5) is 0 Å². The van der Waals surface area contributed by atoms with E-state index in [1.807, 2.05) is 0 Å². The average Bonchev–Trinajstić information content (AvgIpc) is 2.41. The van der Waals surface area contributed by atoms with E-state index in [4.69, 9.17) is 5.73 Å². The van der Waals surface area contributed by atoms with Gasteiger partial charge in [0.15, 0.2) is 0 Å². The highest BCUT2D eigenvalue weighted by Gasteiger charge is 2.43. The van der Waals surface area contributed by atoms with Crippen LogP contribution in [0.1, 0.15) is 36.0 Å². The second kappa shape index (κ2) is 5.41. The third kappa shape index (κ3) is 2.27. The summed E-state index contributed by atoms with van der Waals surface area (Å²) in [5.74, 6) is 0. The molecule has 20 heavy (non-hydrogen) atoms. The maximum Gasteiger partial charge on any atom is 0.0177 e. The first-order valence-electron chi connectivity index (χ1n) is 7.58. The van der Waals surface area contributed by atoms with E-state index in [-0.39, 0.29) is 11.5 Å². The summed E-state index contributed by atoms with van der Waals surface area (Å²) >= 11 is 0. The Morgan fingerprint density at radius 2 is 1.65 bits per heavy atom. The molecule has 0 aromatic heterocycles. The fraction of sp³-hybridized carbons (Fsp3) is 0.368. The van der Waals surface area contributed by atoms with Gasteiger partial charge in [0.1, 0.15) is 0 Å². The highest BCUT2D eigenvalue weighted by molar-refractivity contribution is 5.33. The van der Waals surface area contributed by atoms with Crippen LogP contribution in [0, 0.1) is 6.92 Å². The van der Waals surface area contributed by atoms with Gasteiger partial charge in [-0.3, -0.25) is 0 Å². The predicted octanol–water partition coefficient (Wildman–Crippen LogP) is 3.99. The molecular weight excluding hydrogens is 242 g/mol. The number of hydrogen-bond acceptors (Lipinski definition) is 1. The Labute approximate surface area is 121 Å². The van der Waals surface area contributed by atoms with Crippen LogP contribution in [0.5, 0.6) is 0 Å². The first-order valence-corrected chi connectivity index (χ1v) is 7.58. The van der Waals surface area contributed by atoms with Crippen molar-refractivity contribution >= 4 is 0 Å². The number of rotatable bonds is 4. The van der Waals surface area contributed by atoms with Gasteiger partial charge in [0.05, 0.1) is 0 Å². The van der Waals surface area contributed by atoms with Gasteiger partial charge in [-0.1, -0.05) is 61.0 Å². The normalized spacial score (nSPS) is 18.3. The van der Waals surface area contributed by atoms with Gasteiger partial charge in [-0.25, -0.2) is 0 Å². The molecule has 1 aliphatic carbocycles. The van der Waals surface area contributed by atoms with E-state index < -0.39 is 0 Å². The van der Waals surface area contributed by atoms with E-state index in [0.717, 1.165) is 6.42 Å². The van der Waals surface area contributed by atoms with Gasteiger partial charge in [-0.2, -0.15) is 0 Å². The molecule has 0 saturated heterocycles. The molecule has 1 atom stereocenters. The monoisotopic (exact) mass is 265 g/mol. The van der Waals surface area contributed by atoms with Crippen molar-refractivity contribution in [3.63, 3.8) is 0 Å². The molecule has 3 rings (SSSR count). The standard InChI is InChI=1S/C19H23N/c1-15-8-5-6-9-16(15)14-18(20)19(12-7-13-19)17-10-3-2-4-11-17/h2-6,8-11,18H,7,12-14,20H2,1H3. The molecule has 0 radical (unpaired) electrons. The lowest BCUT2D eigenvalue weighted by Gasteiger charge is -2.47. The Hall–Kier alpha value is -1.60. The fourth-order valence-corrected chi connectivity index (χ4v) is 3.47. The topological polar surface area (TPSA) is 26.0 Å². The van der Waals surface area contributed by atoms with Crippen molar-refractivity contribution in [3.05, 3.63) is 71.3 Å². The molecule has 0 aliphatic heterocycles. The molecule has 0 spiro atoms. The first-order chi connectivity index (χ1) is 9.72. The fourth-order valence-electron chi connectivity index (χ4n) is 3.47. The van der Waals surface area contributed by atoms with Crippen molar-refractivity contribution in [2.45, 2.75) is 44.1 Å². The highest BCUT2D eigenvalue weighted by atomic mass is 14.7. The zero-order valence-electron chi connectivity index (χ0n) is 12.2. The number of hydrogen-bond donors (Lipinski definition) is 1. The molecular formula is C19H23N. The summed E-state index contributed by atoms with van der Waals surface area (Å²) in [6.07, 6.45) is 4.73. The van der Waals surface area contributed by atoms with E-state index in [2.05, 4.69) is 61.5 Å². The summed E-state index contributed by atoms with van der Waals surface area (Å²) in [5.41, 5.74) is 11.0. The molecule has 104 valence electrons. The third-order valence-electron chi connectivity index (χ3n) is 5.01. The molecule has 1 saturated carbocycles. The molecule has 2 aromatic rings. The number of aryl methyl sites for hydroxylation is 1. The Morgan fingerprint density at radius 1 is 1.00 bits per heavy atom. The minimum atomic E-state index is 0.198. The van der Waals surface area contributed by atoms with Crippen molar-refractivity contribution in [1.82, 2.24) is 0 Å². The summed E-state index contributed by atoms with van der Waals surface area (Å²) in [4.78, 5) is 0. The van der Waals surface area contributed by atoms with Crippen molar-refractivity contribution in [2.24, 2.45) is 5.73 Å². The van der Waals surface area contributed by atoms with E-state index in [1.54, 1.807) is 0 Å². The lowest BCUT2D eigenvalue weighted by atomic mass is 9.59. The van der Waals surface area contributed by atoms with Crippen LogP contribution in [0.15, 0.2) is 54.6 Å². The van der Waals surface area contributed by atoms with Crippen molar-refractivity contribution in [1.29, 1.82) is 0 Å². The molecule has 2 N–H and O–H groups in total. The van der Waals surface area contributed by atoms with E-state index in [1.165, 1.54) is 36.0 Å². The first kappa shape index (κ1) is 13.4. The largest absolute Gasteiger partial charge is 0.327 e. The van der Waals surface area contributed by atoms with Crippen LogP contribution >= 0.6 is 0 Å². The average molecular weight is 265 g/mol. The minimum Gasteiger partial charge on any atom is -0.327 e. The second-order valence-corrected chi connectivity index (χ2v) is 6.11. The van der Waals surface area contributed by atoms with Crippen LogP contribution in [0.25, 0.3) is 0 Å². The van der Waals surface area contributed by atoms with Crippen LogP contribution in [0.3, 0.4) is 0 Å². The molecule has 0 amide bonds. The molecule has 1 heteroatoms. The van der Waals surface area contributed by atoms with Gasteiger partial charge in [-0.05, 0) is 42.9 Å². The number of nitrogens with two attached hydrogens (primary N) is 1. The van der Waals surface area contributed by atoms with Gasteiger partial charge in [0.25, 0.3) is 0 Å². The lowest BCUT2D eigenvalue weighted by molar-refractivity contribution is 0.194. The quantitative estimate of drug-likeness (QED) is 0.889. The second-order valence-electron chi connectivity index (χ2n) is 6.11. The zero-order chi connectivity index (χ0) is 14.0. The van der Waals surface area contributed by atoms with Crippen molar-refractivity contribution in [2.75, 3.05) is 0 Å². The Balaban J connectivity index is 1.85. The molecule has 1 unspecified atom stereocenters. The summed E-state index contributed by atoms with van der Waals surface area (Å²) < 4.78 is 0. The zero-order valence-corrected chi connectivity index (χ0v) is 12.2.